The number of nitrogens with two attached hydrogens (primary N) is 2. The number of nitrogen functional groups attached to an aromatic ring is 1. The molecule has 1 fully saturated rings. The van der Waals surface area contributed by atoms with Gasteiger partial charge < -0.3 is 25.8 Å². The molecule has 1 saturated heterocycles. The molecule has 1 aliphatic rings. The quantitative estimate of drug-likeness (QED) is 0.0912. The molecule has 2 heterocycles. The summed E-state index contributed by atoms with van der Waals surface area (Å²) in [5.41, 5.74) is 20.1. The lowest BCUT2D eigenvalue weighted by atomic mass is 10.1. The summed E-state index contributed by atoms with van der Waals surface area (Å²) in [5.74, 6) is 1.10. The SMILES string of the molecule is Cc1ccccc1N1CCN(CCCn2c(CCc3ccc(C(=N)N)cc3)nc3cc(C(=O)N(CCN)CCCc4ccccc4)ccc32)CC1. The number of carbonyl (C=O) groups excluding carboxylic acids is 1. The first-order valence-electron chi connectivity index (χ1n) is 18.4. The molecule has 9 heteroatoms. The maximum atomic E-state index is 13.8. The van der Waals surface area contributed by atoms with E-state index in [1.54, 1.807) is 0 Å². The number of imidazole rings is 1. The zero-order chi connectivity index (χ0) is 35.6. The number of aromatic nitrogens is 2. The highest BCUT2D eigenvalue weighted by Gasteiger charge is 2.20. The van der Waals surface area contributed by atoms with Crippen molar-refractivity contribution in [2.75, 3.05) is 57.3 Å². The van der Waals surface area contributed by atoms with Gasteiger partial charge in [0.05, 0.1) is 11.0 Å². The number of nitrogens with zero attached hydrogens (tertiary/aromatic N) is 5. The Hall–Kier alpha value is -4.99. The normalized spacial score (nSPS) is 13.5. The summed E-state index contributed by atoms with van der Waals surface area (Å²) in [6.45, 7) is 9.87. The molecule has 9 nitrogen and oxygen atoms in total. The summed E-state index contributed by atoms with van der Waals surface area (Å²) < 4.78 is 2.36. The number of anilines is 1. The Morgan fingerprint density at radius 1 is 0.784 bits per heavy atom. The first kappa shape index (κ1) is 35.8. The summed E-state index contributed by atoms with van der Waals surface area (Å²) in [4.78, 5) is 25.9. The Kier molecular flexibility index (Phi) is 12.1. The number of para-hydroxylation sites is 1. The first-order valence-corrected chi connectivity index (χ1v) is 18.4. The molecular formula is C42H52N8O. The number of amidine groups is 1. The van der Waals surface area contributed by atoms with Crippen LogP contribution in [0.3, 0.4) is 0 Å². The zero-order valence-corrected chi connectivity index (χ0v) is 29.9. The minimum absolute atomic E-state index is 0.00177. The summed E-state index contributed by atoms with van der Waals surface area (Å²) >= 11 is 0. The molecule has 0 unspecified atom stereocenters. The largest absolute Gasteiger partial charge is 0.384 e. The third-order valence-corrected chi connectivity index (χ3v) is 10.1. The molecule has 51 heavy (non-hydrogen) atoms. The van der Waals surface area contributed by atoms with Crippen molar-refractivity contribution in [3.8, 4) is 0 Å². The van der Waals surface area contributed by atoms with E-state index in [0.29, 0.717) is 25.2 Å². The van der Waals surface area contributed by atoms with Crippen LogP contribution in [-0.2, 0) is 25.8 Å². The molecule has 1 aromatic heterocycles. The monoisotopic (exact) mass is 684 g/mol. The van der Waals surface area contributed by atoms with Gasteiger partial charge in [-0.05, 0) is 80.1 Å². The molecule has 0 atom stereocenters. The topological polar surface area (TPSA) is 120 Å². The van der Waals surface area contributed by atoms with Gasteiger partial charge in [0.2, 0.25) is 0 Å². The maximum absolute atomic E-state index is 13.8. The summed E-state index contributed by atoms with van der Waals surface area (Å²) in [7, 11) is 0. The van der Waals surface area contributed by atoms with Crippen LogP contribution in [0.1, 0.15) is 51.3 Å². The number of fused-ring (bicyclic) bond motifs is 1. The van der Waals surface area contributed by atoms with Crippen molar-refractivity contribution >= 4 is 28.5 Å². The standard InChI is InChI=1S/C42H52N8O/c1-32-9-5-6-13-38(32)48-29-27-47(28-30-48)23-8-25-50-39-20-19-36(42(51)49(26-22-43)24-7-12-33-10-3-2-4-11-33)31-37(39)46-40(50)21-16-34-14-17-35(18-15-34)41(44)45/h2-6,9-11,13-15,17-20,31H,7-8,12,16,21-30,43H2,1H3,(H3,44,45). The zero-order valence-electron chi connectivity index (χ0n) is 29.9. The van der Waals surface area contributed by atoms with Crippen molar-refractivity contribution in [2.24, 2.45) is 11.5 Å². The highest BCUT2D eigenvalue weighted by Crippen LogP contribution is 2.23. The average molecular weight is 685 g/mol. The third-order valence-electron chi connectivity index (χ3n) is 10.1. The van der Waals surface area contributed by atoms with Crippen molar-refractivity contribution in [3.05, 3.63) is 131 Å². The Balaban J connectivity index is 1.15. The molecule has 5 aromatic rings. The second-order valence-corrected chi connectivity index (χ2v) is 13.6. The molecule has 266 valence electrons. The predicted molar refractivity (Wildman–Crippen MR) is 209 cm³/mol. The van der Waals surface area contributed by atoms with Crippen molar-refractivity contribution in [3.63, 3.8) is 0 Å². The van der Waals surface area contributed by atoms with Gasteiger partial charge in [-0.1, -0.05) is 72.8 Å². The summed E-state index contributed by atoms with van der Waals surface area (Å²) in [5, 5.41) is 7.72. The number of hydrogen-bond donors (Lipinski definition) is 3. The van der Waals surface area contributed by atoms with Gasteiger partial charge in [0.1, 0.15) is 11.7 Å². The molecule has 0 saturated carbocycles. The average Bonchev–Trinajstić information content (AvgIpc) is 3.51. The van der Waals surface area contributed by atoms with E-state index < -0.39 is 0 Å². The lowest BCUT2D eigenvalue weighted by Crippen LogP contribution is -2.47. The minimum Gasteiger partial charge on any atom is -0.384 e. The lowest BCUT2D eigenvalue weighted by Gasteiger charge is -2.36. The van der Waals surface area contributed by atoms with Crippen LogP contribution in [0.2, 0.25) is 0 Å². The molecule has 0 spiro atoms. The fraction of sp³-hybridized carbons (Fsp3) is 0.357. The van der Waals surface area contributed by atoms with Gasteiger partial charge in [0, 0.05) is 75.6 Å². The van der Waals surface area contributed by atoms with Crippen LogP contribution in [0, 0.1) is 12.3 Å². The van der Waals surface area contributed by atoms with Crippen molar-refractivity contribution in [1.82, 2.24) is 19.4 Å². The van der Waals surface area contributed by atoms with Crippen LogP contribution in [0.15, 0.2) is 97.1 Å². The van der Waals surface area contributed by atoms with Crippen LogP contribution < -0.4 is 16.4 Å². The molecule has 1 amide bonds. The number of nitrogens with one attached hydrogen (secondary N) is 1. The smallest absolute Gasteiger partial charge is 0.253 e. The van der Waals surface area contributed by atoms with E-state index in [-0.39, 0.29) is 11.7 Å². The van der Waals surface area contributed by atoms with Crippen molar-refractivity contribution < 1.29 is 4.79 Å². The maximum Gasteiger partial charge on any atom is 0.253 e. The van der Waals surface area contributed by atoms with Gasteiger partial charge in [0.25, 0.3) is 5.91 Å². The van der Waals surface area contributed by atoms with Crippen molar-refractivity contribution in [1.29, 1.82) is 5.41 Å². The molecule has 4 aromatic carbocycles. The minimum atomic E-state index is 0.00177. The number of piperazine rings is 1. The van der Waals surface area contributed by atoms with E-state index in [4.69, 9.17) is 21.9 Å². The third kappa shape index (κ3) is 9.22. The number of aryl methyl sites for hydroxylation is 5. The van der Waals surface area contributed by atoms with Crippen LogP contribution in [0.25, 0.3) is 11.0 Å². The van der Waals surface area contributed by atoms with Gasteiger partial charge in [0.15, 0.2) is 0 Å². The first-order chi connectivity index (χ1) is 24.9. The van der Waals surface area contributed by atoms with Crippen molar-refractivity contribution in [2.45, 2.75) is 45.6 Å². The van der Waals surface area contributed by atoms with E-state index in [0.717, 1.165) is 93.8 Å². The highest BCUT2D eigenvalue weighted by molar-refractivity contribution is 5.97. The Morgan fingerprint density at radius 3 is 2.22 bits per heavy atom. The van der Waals surface area contributed by atoms with Gasteiger partial charge in [-0.2, -0.15) is 0 Å². The number of hydrogen-bond acceptors (Lipinski definition) is 6. The number of amides is 1. The van der Waals surface area contributed by atoms with Crippen LogP contribution in [0.4, 0.5) is 5.69 Å². The Morgan fingerprint density at radius 2 is 1.49 bits per heavy atom. The van der Waals surface area contributed by atoms with Gasteiger partial charge in [-0.15, -0.1) is 0 Å². The second-order valence-electron chi connectivity index (χ2n) is 13.6. The van der Waals surface area contributed by atoms with E-state index in [9.17, 15) is 4.79 Å². The fourth-order valence-electron chi connectivity index (χ4n) is 7.22. The van der Waals surface area contributed by atoms with E-state index >= 15 is 0 Å². The Bertz CT molecular complexity index is 1890. The Labute approximate surface area is 302 Å². The molecule has 0 bridgehead atoms. The fourth-order valence-corrected chi connectivity index (χ4v) is 7.22. The highest BCUT2D eigenvalue weighted by atomic mass is 16.2. The molecule has 1 aliphatic heterocycles. The van der Waals surface area contributed by atoms with Crippen LogP contribution in [-0.4, -0.2) is 83.5 Å². The summed E-state index contributed by atoms with van der Waals surface area (Å²) in [6.07, 6.45) is 4.40. The van der Waals surface area contributed by atoms with Gasteiger partial charge in [-0.3, -0.25) is 15.1 Å². The van der Waals surface area contributed by atoms with E-state index in [1.165, 1.54) is 22.4 Å². The molecule has 0 radical (unpaired) electrons. The van der Waals surface area contributed by atoms with Gasteiger partial charge in [-0.25, -0.2) is 4.98 Å². The van der Waals surface area contributed by atoms with Gasteiger partial charge >= 0.3 is 0 Å². The van der Waals surface area contributed by atoms with Crippen LogP contribution in [0.5, 0.6) is 0 Å². The van der Waals surface area contributed by atoms with E-state index in [2.05, 4.69) is 75.9 Å². The molecule has 5 N–H and O–H groups in total. The second kappa shape index (κ2) is 17.3. The summed E-state index contributed by atoms with van der Waals surface area (Å²) in [6, 6.07) is 33.0. The predicted octanol–water partition coefficient (Wildman–Crippen LogP) is 5.66. The number of rotatable bonds is 16. The van der Waals surface area contributed by atoms with Crippen LogP contribution >= 0.6 is 0 Å². The number of benzene rings is 4. The molecular weight excluding hydrogens is 633 g/mol. The molecule has 0 aliphatic carbocycles. The van der Waals surface area contributed by atoms with E-state index in [1.807, 2.05) is 47.4 Å². The lowest BCUT2D eigenvalue weighted by molar-refractivity contribution is 0.0758. The molecule has 6 rings (SSSR count). The number of carbonyl (C=O) groups is 1.